The molecule has 0 spiro atoms. The second-order valence-corrected chi connectivity index (χ2v) is 7.01. The first-order valence-corrected chi connectivity index (χ1v) is 8.74. The number of thiophene rings is 1. The van der Waals surface area contributed by atoms with Gasteiger partial charge in [-0.25, -0.2) is 0 Å². The molecule has 2 aliphatic rings. The molecule has 122 valence electrons. The van der Waals surface area contributed by atoms with Gasteiger partial charge in [0, 0.05) is 37.0 Å². The van der Waals surface area contributed by atoms with Crippen molar-refractivity contribution >= 4 is 23.2 Å². The highest BCUT2D eigenvalue weighted by Gasteiger charge is 2.60. The predicted octanol–water partition coefficient (Wildman–Crippen LogP) is 2.73. The third-order valence-electron chi connectivity index (χ3n) is 5.03. The van der Waals surface area contributed by atoms with Crippen LogP contribution in [0.4, 0.5) is 0 Å². The molecule has 4 heterocycles. The monoisotopic (exact) mass is 339 g/mol. The Morgan fingerprint density at radius 3 is 3.00 bits per heavy atom. The van der Waals surface area contributed by atoms with Crippen molar-refractivity contribution in [2.75, 3.05) is 13.1 Å². The number of carbonyl (C=O) groups excluding carboxylic acids is 2. The van der Waals surface area contributed by atoms with E-state index < -0.39 is 5.66 Å². The topological polar surface area (TPSA) is 53.5 Å². The second-order valence-electron chi connectivity index (χ2n) is 6.06. The van der Waals surface area contributed by atoms with Crippen LogP contribution >= 0.6 is 11.3 Å². The Balaban J connectivity index is 1.93. The van der Waals surface area contributed by atoms with Gasteiger partial charge in [-0.05, 0) is 17.5 Å². The van der Waals surface area contributed by atoms with Crippen molar-refractivity contribution in [1.29, 1.82) is 0 Å². The summed E-state index contributed by atoms with van der Waals surface area (Å²) < 4.78 is 0. The third-order valence-corrected chi connectivity index (χ3v) is 5.89. The minimum atomic E-state index is -0.830. The van der Waals surface area contributed by atoms with Crippen LogP contribution in [0.2, 0.25) is 0 Å². The molecule has 2 aromatic heterocycles. The molecule has 6 heteroatoms. The lowest BCUT2D eigenvalue weighted by Gasteiger charge is -2.43. The van der Waals surface area contributed by atoms with Crippen molar-refractivity contribution in [3.05, 3.63) is 64.6 Å². The van der Waals surface area contributed by atoms with Gasteiger partial charge in [-0.1, -0.05) is 19.1 Å². The number of nitrogens with zero attached hydrogens (tertiary/aromatic N) is 3. The van der Waals surface area contributed by atoms with E-state index in [2.05, 4.69) is 11.6 Å². The van der Waals surface area contributed by atoms with Crippen molar-refractivity contribution in [3.8, 4) is 0 Å². The number of pyridine rings is 1. The quantitative estimate of drug-likeness (QED) is 0.808. The first-order chi connectivity index (χ1) is 11.6. The number of carbonyl (C=O) groups is 2. The summed E-state index contributed by atoms with van der Waals surface area (Å²) in [6, 6.07) is 5.43. The van der Waals surface area contributed by atoms with Gasteiger partial charge in [-0.3, -0.25) is 14.6 Å². The van der Waals surface area contributed by atoms with E-state index in [1.54, 1.807) is 23.4 Å². The van der Waals surface area contributed by atoms with E-state index in [1.165, 1.54) is 11.3 Å². The number of hydrogen-bond donors (Lipinski definition) is 0. The van der Waals surface area contributed by atoms with Gasteiger partial charge in [0.05, 0.1) is 10.4 Å². The minimum Gasteiger partial charge on any atom is -0.309 e. The highest BCUT2D eigenvalue weighted by Crippen LogP contribution is 2.50. The van der Waals surface area contributed by atoms with Gasteiger partial charge in [-0.2, -0.15) is 0 Å². The van der Waals surface area contributed by atoms with Gasteiger partial charge in [-0.15, -0.1) is 17.9 Å². The summed E-state index contributed by atoms with van der Waals surface area (Å²) in [5.74, 6) is -0.202. The van der Waals surface area contributed by atoms with Crippen molar-refractivity contribution < 1.29 is 9.59 Å². The maximum atomic E-state index is 13.1. The molecule has 1 fully saturated rings. The molecule has 1 saturated heterocycles. The lowest BCUT2D eigenvalue weighted by Crippen LogP contribution is -2.54. The summed E-state index contributed by atoms with van der Waals surface area (Å²) in [6.07, 6.45) is 5.15. The molecular weight excluding hydrogens is 322 g/mol. The van der Waals surface area contributed by atoms with E-state index in [0.29, 0.717) is 23.5 Å². The molecule has 2 amide bonds. The smallest absolute Gasteiger partial charge is 0.266 e. The standard InChI is InChI=1S/C18H17N3O2S/c1-3-12(2)18-14-11-19-7-6-13(14)16(22)20(18)8-9-21(18)17(23)15-5-4-10-24-15/h3-7,10-12H,1,8-9H2,2H3. The molecule has 0 aromatic carbocycles. The fraction of sp³-hybridized carbons (Fsp3) is 0.278. The number of fused-ring (bicyclic) bond motifs is 3. The Hall–Kier alpha value is -2.47. The van der Waals surface area contributed by atoms with Crippen molar-refractivity contribution in [2.45, 2.75) is 12.6 Å². The summed E-state index contributed by atoms with van der Waals surface area (Å²) in [6.45, 7) is 6.94. The van der Waals surface area contributed by atoms with Gasteiger partial charge >= 0.3 is 0 Å². The zero-order valence-electron chi connectivity index (χ0n) is 13.3. The highest BCUT2D eigenvalue weighted by molar-refractivity contribution is 7.12. The molecule has 0 bridgehead atoms. The van der Waals surface area contributed by atoms with E-state index >= 15 is 0 Å². The molecule has 0 radical (unpaired) electrons. The minimum absolute atomic E-state index is 0.0393. The van der Waals surface area contributed by atoms with Crippen LogP contribution in [0.25, 0.3) is 0 Å². The van der Waals surface area contributed by atoms with Crippen LogP contribution in [0.15, 0.2) is 48.6 Å². The number of amides is 2. The van der Waals surface area contributed by atoms with Crippen LogP contribution in [0.5, 0.6) is 0 Å². The normalized spacial score (nSPS) is 23.1. The van der Waals surface area contributed by atoms with E-state index in [4.69, 9.17) is 0 Å². The lowest BCUT2D eigenvalue weighted by atomic mass is 9.86. The summed E-state index contributed by atoms with van der Waals surface area (Å²) in [7, 11) is 0. The number of rotatable bonds is 3. The van der Waals surface area contributed by atoms with E-state index in [-0.39, 0.29) is 17.7 Å². The van der Waals surface area contributed by atoms with Gasteiger partial charge in [0.15, 0.2) is 5.66 Å². The maximum Gasteiger partial charge on any atom is 0.266 e. The van der Waals surface area contributed by atoms with Gasteiger partial charge < -0.3 is 9.80 Å². The van der Waals surface area contributed by atoms with Crippen LogP contribution in [0.1, 0.15) is 32.5 Å². The summed E-state index contributed by atoms with van der Waals surface area (Å²) in [5.41, 5.74) is 0.593. The van der Waals surface area contributed by atoms with Gasteiger partial charge in [0.25, 0.3) is 11.8 Å². The van der Waals surface area contributed by atoms with Crippen molar-refractivity contribution in [3.63, 3.8) is 0 Å². The van der Waals surface area contributed by atoms with Crippen LogP contribution < -0.4 is 0 Å². The van der Waals surface area contributed by atoms with E-state index in [1.807, 2.05) is 35.4 Å². The summed E-state index contributed by atoms with van der Waals surface area (Å²) in [5, 5.41) is 1.89. The molecule has 0 saturated carbocycles. The van der Waals surface area contributed by atoms with Gasteiger partial charge in [0.1, 0.15) is 0 Å². The molecule has 0 N–H and O–H groups in total. The molecule has 24 heavy (non-hydrogen) atoms. The Morgan fingerprint density at radius 1 is 1.46 bits per heavy atom. The van der Waals surface area contributed by atoms with E-state index in [9.17, 15) is 9.59 Å². The number of hydrogen-bond acceptors (Lipinski definition) is 4. The molecule has 4 rings (SSSR count). The van der Waals surface area contributed by atoms with Crippen LogP contribution in [-0.2, 0) is 5.66 Å². The van der Waals surface area contributed by atoms with Crippen molar-refractivity contribution in [1.82, 2.24) is 14.8 Å². The third kappa shape index (κ3) is 1.72. The first-order valence-electron chi connectivity index (χ1n) is 7.86. The lowest BCUT2D eigenvalue weighted by molar-refractivity contribution is 0.00283. The largest absolute Gasteiger partial charge is 0.309 e. The fourth-order valence-corrected chi connectivity index (χ4v) is 4.62. The number of aromatic nitrogens is 1. The molecule has 2 atom stereocenters. The van der Waals surface area contributed by atoms with E-state index in [0.717, 1.165) is 5.56 Å². The molecule has 2 aliphatic heterocycles. The summed E-state index contributed by atoms with van der Waals surface area (Å²) in [4.78, 5) is 34.5. The zero-order chi connectivity index (χ0) is 16.9. The first kappa shape index (κ1) is 15.1. The molecule has 5 nitrogen and oxygen atoms in total. The Kier molecular flexibility index (Phi) is 3.31. The predicted molar refractivity (Wildman–Crippen MR) is 91.7 cm³/mol. The molecule has 0 aliphatic carbocycles. The zero-order valence-corrected chi connectivity index (χ0v) is 14.1. The van der Waals surface area contributed by atoms with Gasteiger partial charge in [0.2, 0.25) is 0 Å². The Morgan fingerprint density at radius 2 is 2.29 bits per heavy atom. The average Bonchev–Trinajstić information content (AvgIpc) is 3.31. The molecule has 2 unspecified atom stereocenters. The SMILES string of the molecule is C=CC(C)C12c3cnccc3C(=O)N1CCN2C(=O)c1cccs1. The highest BCUT2D eigenvalue weighted by atomic mass is 32.1. The molecular formula is C18H17N3O2S. The Bertz CT molecular complexity index is 833. The fourth-order valence-electron chi connectivity index (χ4n) is 3.94. The average molecular weight is 339 g/mol. The summed E-state index contributed by atoms with van der Waals surface area (Å²) >= 11 is 1.42. The van der Waals surface area contributed by atoms with Crippen molar-refractivity contribution in [2.24, 2.45) is 5.92 Å². The Labute approximate surface area is 144 Å². The van der Waals surface area contributed by atoms with Crippen LogP contribution in [0.3, 0.4) is 0 Å². The second kappa shape index (κ2) is 5.27. The maximum absolute atomic E-state index is 13.1. The molecule has 2 aromatic rings. The van der Waals surface area contributed by atoms with Crippen LogP contribution in [-0.4, -0.2) is 39.7 Å². The van der Waals surface area contributed by atoms with Crippen LogP contribution in [0, 0.1) is 5.92 Å².